The van der Waals surface area contributed by atoms with Gasteiger partial charge in [-0.2, -0.15) is 0 Å². The van der Waals surface area contributed by atoms with Gasteiger partial charge in [-0.15, -0.1) is 0 Å². The number of carbonyl (C=O) groups is 1. The molecule has 3 rings (SSSR count). The highest BCUT2D eigenvalue weighted by molar-refractivity contribution is 8.14. The van der Waals surface area contributed by atoms with Crippen LogP contribution in [0, 0.1) is 11.6 Å². The highest BCUT2D eigenvalue weighted by Gasteiger charge is 2.36. The van der Waals surface area contributed by atoms with Crippen LogP contribution in [-0.4, -0.2) is 41.0 Å². The number of thioether (sulfide) groups is 1. The number of aliphatic imine (C=N–C) groups is 1. The Labute approximate surface area is 151 Å². The zero-order valence-electron chi connectivity index (χ0n) is 14.5. The van der Waals surface area contributed by atoms with Gasteiger partial charge in [-0.3, -0.25) is 14.7 Å². The van der Waals surface area contributed by atoms with Crippen LogP contribution >= 0.6 is 11.8 Å². The molecular formula is C18H23F2N3OS. The quantitative estimate of drug-likeness (QED) is 0.810. The van der Waals surface area contributed by atoms with Gasteiger partial charge in [-0.1, -0.05) is 31.0 Å². The van der Waals surface area contributed by atoms with E-state index in [0.29, 0.717) is 11.8 Å². The lowest BCUT2D eigenvalue weighted by atomic mass is 9.96. The fourth-order valence-corrected chi connectivity index (χ4v) is 4.66. The van der Waals surface area contributed by atoms with Crippen molar-refractivity contribution in [3.05, 3.63) is 29.8 Å². The third kappa shape index (κ3) is 3.97. The zero-order chi connectivity index (χ0) is 18.0. The first-order valence-electron chi connectivity index (χ1n) is 8.65. The van der Waals surface area contributed by atoms with Gasteiger partial charge in [0.2, 0.25) is 5.91 Å². The Bertz CT molecular complexity index is 676. The summed E-state index contributed by atoms with van der Waals surface area (Å²) in [7, 11) is 1.86. The number of carbonyl (C=O) groups excluding carboxylic acids is 1. The number of benzene rings is 1. The third-order valence-electron chi connectivity index (χ3n) is 4.78. The molecule has 1 aliphatic carbocycles. The zero-order valence-corrected chi connectivity index (χ0v) is 15.4. The lowest BCUT2D eigenvalue weighted by Gasteiger charge is -2.33. The van der Waals surface area contributed by atoms with Crippen LogP contribution in [0.3, 0.4) is 0 Å². The average Bonchev–Trinajstić information content (AvgIpc) is 2.93. The first-order valence-corrected chi connectivity index (χ1v) is 9.64. The van der Waals surface area contributed by atoms with Gasteiger partial charge in [0.15, 0.2) is 5.17 Å². The molecule has 1 saturated carbocycles. The van der Waals surface area contributed by atoms with E-state index in [1.165, 1.54) is 31.1 Å². The molecule has 1 aliphatic heterocycles. The van der Waals surface area contributed by atoms with Crippen molar-refractivity contribution >= 4 is 28.5 Å². The van der Waals surface area contributed by atoms with Gasteiger partial charge in [-0.25, -0.2) is 8.78 Å². The highest BCUT2D eigenvalue weighted by atomic mass is 32.2. The van der Waals surface area contributed by atoms with E-state index in [1.54, 1.807) is 11.8 Å². The molecule has 1 aromatic rings. The lowest BCUT2D eigenvalue weighted by molar-refractivity contribution is -0.117. The van der Waals surface area contributed by atoms with E-state index in [4.69, 9.17) is 4.99 Å². The van der Waals surface area contributed by atoms with Gasteiger partial charge in [0.05, 0.1) is 11.7 Å². The van der Waals surface area contributed by atoms with Crippen molar-refractivity contribution < 1.29 is 13.6 Å². The largest absolute Gasteiger partial charge is 0.333 e. The molecule has 0 N–H and O–H groups in total. The lowest BCUT2D eigenvalue weighted by Crippen LogP contribution is -2.48. The summed E-state index contributed by atoms with van der Waals surface area (Å²) in [5.74, 6) is -0.905. The molecule has 7 heteroatoms. The maximum Gasteiger partial charge on any atom is 0.225 e. The molecular weight excluding hydrogens is 344 g/mol. The minimum absolute atomic E-state index is 0.0242. The van der Waals surface area contributed by atoms with Crippen LogP contribution in [0.5, 0.6) is 0 Å². The Balaban J connectivity index is 1.84. The Morgan fingerprint density at radius 2 is 2.00 bits per heavy atom. The maximum atomic E-state index is 14.2. The number of halogens is 2. The predicted octanol–water partition coefficient (Wildman–Crippen LogP) is 4.01. The summed E-state index contributed by atoms with van der Waals surface area (Å²) < 4.78 is 27.8. The van der Waals surface area contributed by atoms with E-state index < -0.39 is 11.6 Å². The first kappa shape index (κ1) is 18.2. The van der Waals surface area contributed by atoms with Crippen LogP contribution in [0.15, 0.2) is 23.2 Å². The van der Waals surface area contributed by atoms with E-state index in [9.17, 15) is 13.6 Å². The fourth-order valence-electron chi connectivity index (χ4n) is 3.44. The molecule has 0 radical (unpaired) electrons. The van der Waals surface area contributed by atoms with Crippen molar-refractivity contribution in [2.45, 2.75) is 51.2 Å². The Morgan fingerprint density at radius 3 is 2.68 bits per heavy atom. The Morgan fingerprint density at radius 1 is 1.28 bits per heavy atom. The van der Waals surface area contributed by atoms with Crippen LogP contribution in [0.2, 0.25) is 0 Å². The van der Waals surface area contributed by atoms with Crippen molar-refractivity contribution in [1.29, 1.82) is 0 Å². The van der Waals surface area contributed by atoms with E-state index in [-0.39, 0.29) is 17.8 Å². The monoisotopic (exact) mass is 367 g/mol. The third-order valence-corrected chi connectivity index (χ3v) is 5.90. The van der Waals surface area contributed by atoms with Crippen molar-refractivity contribution in [3.8, 4) is 0 Å². The smallest absolute Gasteiger partial charge is 0.225 e. The van der Waals surface area contributed by atoms with E-state index in [1.807, 2.05) is 11.9 Å². The first-order chi connectivity index (χ1) is 12.0. The number of amidine groups is 1. The Hall–Kier alpha value is -1.63. The SMILES string of the molecule is CC(=O)N(c1cc(F)ccc1F)C1CSC(=NC2CCCCC2)N1C. The van der Waals surface area contributed by atoms with Gasteiger partial charge < -0.3 is 4.90 Å². The standard InChI is InChI=1S/C18H23F2N3OS/c1-12(24)23(16-10-13(19)8-9-15(16)20)17-11-25-18(22(17)2)21-14-6-4-3-5-7-14/h8-10,14,17H,3-7,11H2,1-2H3. The molecule has 2 fully saturated rings. The van der Waals surface area contributed by atoms with Gasteiger partial charge >= 0.3 is 0 Å². The number of anilines is 1. The topological polar surface area (TPSA) is 35.9 Å². The molecule has 1 aromatic carbocycles. The molecule has 1 amide bonds. The summed E-state index contributed by atoms with van der Waals surface area (Å²) in [6.07, 6.45) is 5.49. The molecule has 4 nitrogen and oxygen atoms in total. The van der Waals surface area contributed by atoms with Gasteiger partial charge in [0.1, 0.15) is 17.8 Å². The molecule has 1 atom stereocenters. The molecule has 1 heterocycles. The minimum Gasteiger partial charge on any atom is -0.333 e. The summed E-state index contributed by atoms with van der Waals surface area (Å²) in [6.45, 7) is 1.37. The number of hydrogen-bond acceptors (Lipinski definition) is 3. The fraction of sp³-hybridized carbons (Fsp3) is 0.556. The molecule has 0 bridgehead atoms. The summed E-state index contributed by atoms with van der Waals surface area (Å²) in [5.41, 5.74) is -0.0242. The number of amides is 1. The Kier molecular flexibility index (Phi) is 5.61. The normalized spacial score (nSPS) is 23.3. The summed E-state index contributed by atoms with van der Waals surface area (Å²) >= 11 is 1.57. The summed E-state index contributed by atoms with van der Waals surface area (Å²) in [5, 5.41) is 0.875. The van der Waals surface area contributed by atoms with Crippen LogP contribution in [0.4, 0.5) is 14.5 Å². The molecule has 1 saturated heterocycles. The van der Waals surface area contributed by atoms with Crippen LogP contribution in [-0.2, 0) is 4.79 Å². The molecule has 0 aromatic heterocycles. The molecule has 1 unspecified atom stereocenters. The second kappa shape index (κ2) is 7.72. The van der Waals surface area contributed by atoms with Crippen molar-refractivity contribution in [3.63, 3.8) is 0 Å². The van der Waals surface area contributed by atoms with E-state index in [2.05, 4.69) is 0 Å². The van der Waals surface area contributed by atoms with E-state index >= 15 is 0 Å². The summed E-state index contributed by atoms with van der Waals surface area (Å²) in [4.78, 5) is 20.3. The number of rotatable bonds is 3. The number of nitrogens with zero attached hydrogens (tertiary/aromatic N) is 3. The van der Waals surface area contributed by atoms with Crippen molar-refractivity contribution in [2.75, 3.05) is 17.7 Å². The summed E-state index contributed by atoms with van der Waals surface area (Å²) in [6, 6.07) is 3.51. The van der Waals surface area contributed by atoms with Crippen LogP contribution < -0.4 is 4.90 Å². The van der Waals surface area contributed by atoms with Crippen LogP contribution in [0.1, 0.15) is 39.0 Å². The van der Waals surface area contributed by atoms with Crippen molar-refractivity contribution in [2.24, 2.45) is 4.99 Å². The number of hydrogen-bond donors (Lipinski definition) is 0. The van der Waals surface area contributed by atoms with Gasteiger partial charge in [0, 0.05) is 25.8 Å². The molecule has 2 aliphatic rings. The maximum absolute atomic E-state index is 14.2. The average molecular weight is 367 g/mol. The second-order valence-corrected chi connectivity index (χ2v) is 7.58. The van der Waals surface area contributed by atoms with Crippen molar-refractivity contribution in [1.82, 2.24) is 4.90 Å². The molecule has 0 spiro atoms. The predicted molar refractivity (Wildman–Crippen MR) is 97.8 cm³/mol. The highest BCUT2D eigenvalue weighted by Crippen LogP contribution is 2.32. The minimum atomic E-state index is -0.604. The van der Waals surface area contributed by atoms with Crippen LogP contribution in [0.25, 0.3) is 0 Å². The molecule has 25 heavy (non-hydrogen) atoms. The van der Waals surface area contributed by atoms with Gasteiger partial charge in [0.25, 0.3) is 0 Å². The molecule has 136 valence electrons. The second-order valence-electron chi connectivity index (χ2n) is 6.59. The van der Waals surface area contributed by atoms with Gasteiger partial charge in [-0.05, 0) is 25.0 Å². The van der Waals surface area contributed by atoms with E-state index in [0.717, 1.165) is 36.2 Å².